The summed E-state index contributed by atoms with van der Waals surface area (Å²) in [5, 5.41) is 11.7. The topological polar surface area (TPSA) is 59.8 Å². The van der Waals surface area contributed by atoms with Gasteiger partial charge >= 0.3 is 0 Å². The maximum atomic E-state index is 13.4. The SMILES string of the molecule is Cc1ccc(NC(=O)CSc2nnc(-c3ccc(F)cc3)n2-c2ccc(F)cc2)cc1. The molecule has 0 saturated heterocycles. The molecule has 4 rings (SSSR count). The van der Waals surface area contributed by atoms with Crippen LogP contribution in [0.25, 0.3) is 17.1 Å². The molecule has 0 atom stereocenters. The average molecular weight is 436 g/mol. The third-order valence-electron chi connectivity index (χ3n) is 4.49. The highest BCUT2D eigenvalue weighted by molar-refractivity contribution is 7.99. The van der Waals surface area contributed by atoms with E-state index in [1.807, 2.05) is 31.2 Å². The van der Waals surface area contributed by atoms with Crippen LogP contribution in [-0.2, 0) is 4.79 Å². The smallest absolute Gasteiger partial charge is 0.234 e. The second-order valence-electron chi connectivity index (χ2n) is 6.83. The number of carbonyl (C=O) groups excluding carboxylic acids is 1. The third kappa shape index (κ3) is 4.97. The van der Waals surface area contributed by atoms with E-state index in [-0.39, 0.29) is 23.3 Å². The van der Waals surface area contributed by atoms with Crippen LogP contribution >= 0.6 is 11.8 Å². The van der Waals surface area contributed by atoms with Crippen LogP contribution in [0.5, 0.6) is 0 Å². The minimum Gasteiger partial charge on any atom is -0.325 e. The lowest BCUT2D eigenvalue weighted by Crippen LogP contribution is -2.14. The number of hydrogen-bond acceptors (Lipinski definition) is 4. The standard InChI is InChI=1S/C23H18F2N4OS/c1-15-2-10-19(11-3-15)26-21(30)14-31-23-28-27-22(16-4-6-17(24)7-5-16)29(23)20-12-8-18(25)9-13-20/h2-13H,14H2,1H3,(H,26,30). The molecule has 31 heavy (non-hydrogen) atoms. The second kappa shape index (κ2) is 9.09. The number of amides is 1. The van der Waals surface area contributed by atoms with Crippen LogP contribution in [0.2, 0.25) is 0 Å². The molecule has 5 nitrogen and oxygen atoms in total. The van der Waals surface area contributed by atoms with Crippen LogP contribution in [-0.4, -0.2) is 26.4 Å². The van der Waals surface area contributed by atoms with E-state index in [9.17, 15) is 13.6 Å². The lowest BCUT2D eigenvalue weighted by atomic mass is 10.2. The molecular formula is C23H18F2N4OS. The molecule has 0 aliphatic carbocycles. The van der Waals surface area contributed by atoms with Crippen molar-refractivity contribution >= 4 is 23.4 Å². The molecule has 0 radical (unpaired) electrons. The van der Waals surface area contributed by atoms with Crippen molar-refractivity contribution in [3.63, 3.8) is 0 Å². The Labute approximate surface area is 182 Å². The summed E-state index contributed by atoms with van der Waals surface area (Å²) >= 11 is 1.20. The van der Waals surface area contributed by atoms with Crippen LogP contribution in [0.1, 0.15) is 5.56 Å². The number of nitrogens with zero attached hydrogens (tertiary/aromatic N) is 3. The number of anilines is 1. The van der Waals surface area contributed by atoms with Crippen LogP contribution in [0.3, 0.4) is 0 Å². The molecule has 0 unspecified atom stereocenters. The van der Waals surface area contributed by atoms with Gasteiger partial charge in [-0.05, 0) is 67.6 Å². The molecule has 156 valence electrons. The van der Waals surface area contributed by atoms with Crippen molar-refractivity contribution < 1.29 is 13.6 Å². The van der Waals surface area contributed by atoms with Gasteiger partial charge in [0.1, 0.15) is 11.6 Å². The van der Waals surface area contributed by atoms with Gasteiger partial charge in [0, 0.05) is 16.9 Å². The highest BCUT2D eigenvalue weighted by atomic mass is 32.2. The fourth-order valence-corrected chi connectivity index (χ4v) is 3.69. The molecule has 1 amide bonds. The van der Waals surface area contributed by atoms with Gasteiger partial charge in [0.05, 0.1) is 5.75 Å². The summed E-state index contributed by atoms with van der Waals surface area (Å²) in [5.41, 5.74) is 3.10. The predicted molar refractivity (Wildman–Crippen MR) is 117 cm³/mol. The van der Waals surface area contributed by atoms with Gasteiger partial charge in [-0.15, -0.1) is 10.2 Å². The van der Waals surface area contributed by atoms with Crippen molar-refractivity contribution in [2.75, 3.05) is 11.1 Å². The number of aryl methyl sites for hydroxylation is 1. The zero-order valence-electron chi connectivity index (χ0n) is 16.5. The molecule has 3 aromatic carbocycles. The van der Waals surface area contributed by atoms with Crippen LogP contribution in [0.15, 0.2) is 78.0 Å². The minimum atomic E-state index is -0.369. The van der Waals surface area contributed by atoms with Gasteiger partial charge in [-0.1, -0.05) is 29.5 Å². The van der Waals surface area contributed by atoms with E-state index >= 15 is 0 Å². The Morgan fingerprint density at radius 3 is 2.16 bits per heavy atom. The van der Waals surface area contributed by atoms with Crippen molar-refractivity contribution in [2.24, 2.45) is 0 Å². The molecule has 1 aromatic heterocycles. The Balaban J connectivity index is 1.59. The number of halogens is 2. The minimum absolute atomic E-state index is 0.108. The monoisotopic (exact) mass is 436 g/mol. The van der Waals surface area contributed by atoms with Gasteiger partial charge in [-0.2, -0.15) is 0 Å². The molecule has 0 fully saturated rings. The van der Waals surface area contributed by atoms with Crippen LogP contribution < -0.4 is 5.32 Å². The molecule has 0 saturated carbocycles. The van der Waals surface area contributed by atoms with Crippen molar-refractivity contribution in [1.29, 1.82) is 0 Å². The number of hydrogen-bond donors (Lipinski definition) is 1. The van der Waals surface area contributed by atoms with Gasteiger partial charge < -0.3 is 5.32 Å². The van der Waals surface area contributed by atoms with Crippen molar-refractivity contribution in [3.8, 4) is 17.1 Å². The first-order valence-corrected chi connectivity index (χ1v) is 10.4. The normalized spacial score (nSPS) is 10.8. The van der Waals surface area contributed by atoms with Crippen LogP contribution in [0.4, 0.5) is 14.5 Å². The Hall–Kier alpha value is -3.52. The number of thioether (sulfide) groups is 1. The van der Waals surface area contributed by atoms with Gasteiger partial charge in [0.15, 0.2) is 11.0 Å². The van der Waals surface area contributed by atoms with Crippen molar-refractivity contribution in [2.45, 2.75) is 12.1 Å². The predicted octanol–water partition coefficient (Wildman–Crippen LogP) is 5.25. The molecule has 0 spiro atoms. The van der Waals surface area contributed by atoms with E-state index in [4.69, 9.17) is 0 Å². The lowest BCUT2D eigenvalue weighted by molar-refractivity contribution is -0.113. The Morgan fingerprint density at radius 1 is 0.903 bits per heavy atom. The van der Waals surface area contributed by atoms with E-state index < -0.39 is 0 Å². The first-order chi connectivity index (χ1) is 15.0. The number of nitrogens with one attached hydrogen (secondary N) is 1. The van der Waals surface area contributed by atoms with E-state index in [1.54, 1.807) is 28.8 Å². The van der Waals surface area contributed by atoms with Gasteiger partial charge in [-0.3, -0.25) is 9.36 Å². The van der Waals surface area contributed by atoms with E-state index in [2.05, 4.69) is 15.5 Å². The molecule has 0 aliphatic heterocycles. The van der Waals surface area contributed by atoms with E-state index in [1.165, 1.54) is 36.0 Å². The zero-order valence-corrected chi connectivity index (χ0v) is 17.4. The number of benzene rings is 3. The molecule has 0 bridgehead atoms. The fourth-order valence-electron chi connectivity index (χ4n) is 2.94. The van der Waals surface area contributed by atoms with Gasteiger partial charge in [-0.25, -0.2) is 8.78 Å². The van der Waals surface area contributed by atoms with Crippen molar-refractivity contribution in [1.82, 2.24) is 14.8 Å². The zero-order chi connectivity index (χ0) is 21.8. The summed E-state index contributed by atoms with van der Waals surface area (Å²) in [6, 6.07) is 19.2. The van der Waals surface area contributed by atoms with E-state index in [0.29, 0.717) is 27.9 Å². The summed E-state index contributed by atoms with van der Waals surface area (Å²) in [6.07, 6.45) is 0. The summed E-state index contributed by atoms with van der Waals surface area (Å²) in [7, 11) is 0. The molecule has 8 heteroatoms. The third-order valence-corrected chi connectivity index (χ3v) is 5.42. The van der Waals surface area contributed by atoms with Crippen LogP contribution in [0, 0.1) is 18.6 Å². The van der Waals surface area contributed by atoms with E-state index in [0.717, 1.165) is 5.56 Å². The first kappa shape index (κ1) is 20.7. The number of rotatable bonds is 6. The number of aromatic nitrogens is 3. The number of carbonyl (C=O) groups is 1. The highest BCUT2D eigenvalue weighted by Crippen LogP contribution is 2.28. The van der Waals surface area contributed by atoms with Crippen molar-refractivity contribution in [3.05, 3.63) is 90.0 Å². The molecule has 1 N–H and O–H groups in total. The summed E-state index contributed by atoms with van der Waals surface area (Å²) in [4.78, 5) is 12.4. The fraction of sp³-hybridized carbons (Fsp3) is 0.0870. The molecule has 1 heterocycles. The first-order valence-electron chi connectivity index (χ1n) is 9.46. The van der Waals surface area contributed by atoms with Gasteiger partial charge in [0.2, 0.25) is 5.91 Å². The summed E-state index contributed by atoms with van der Waals surface area (Å²) in [6.45, 7) is 1.97. The Kier molecular flexibility index (Phi) is 6.08. The summed E-state index contributed by atoms with van der Waals surface area (Å²) < 4.78 is 28.5. The maximum Gasteiger partial charge on any atom is 0.234 e. The van der Waals surface area contributed by atoms with Gasteiger partial charge in [0.25, 0.3) is 0 Å². The molecule has 0 aliphatic rings. The molecular weight excluding hydrogens is 418 g/mol. The summed E-state index contributed by atoms with van der Waals surface area (Å²) in [5.74, 6) is -0.346. The second-order valence-corrected chi connectivity index (χ2v) is 7.77. The lowest BCUT2D eigenvalue weighted by Gasteiger charge is -2.11. The quantitative estimate of drug-likeness (QED) is 0.419. The maximum absolute atomic E-state index is 13.4. The Bertz CT molecular complexity index is 1190. The largest absolute Gasteiger partial charge is 0.325 e. The average Bonchev–Trinajstić information content (AvgIpc) is 3.19. The Morgan fingerprint density at radius 2 is 1.52 bits per heavy atom. The highest BCUT2D eigenvalue weighted by Gasteiger charge is 2.17. The molecule has 4 aromatic rings.